The molecule has 1 aromatic rings. The number of hydrogen-bond acceptors (Lipinski definition) is 4. The van der Waals surface area contributed by atoms with Gasteiger partial charge >= 0.3 is 11.9 Å². The van der Waals surface area contributed by atoms with Gasteiger partial charge in [0.05, 0.1) is 12.3 Å². The fourth-order valence-electron chi connectivity index (χ4n) is 2.28. The number of benzene rings is 1. The second-order valence-corrected chi connectivity index (χ2v) is 6.93. The molecule has 0 radical (unpaired) electrons. The topological polar surface area (TPSA) is 126 Å². The summed E-state index contributed by atoms with van der Waals surface area (Å²) in [6.45, 7) is 3.92. The van der Waals surface area contributed by atoms with E-state index in [1.54, 1.807) is 0 Å². The third-order valence-electron chi connectivity index (χ3n) is 4.23. The summed E-state index contributed by atoms with van der Waals surface area (Å²) in [6, 6.07) is 12.6. The van der Waals surface area contributed by atoms with E-state index in [2.05, 4.69) is 46.7 Å². The predicted octanol–water partition coefficient (Wildman–Crippen LogP) is 2.25. The van der Waals surface area contributed by atoms with Crippen LogP contribution in [0.25, 0.3) is 11.1 Å². The number of rotatable bonds is 4. The van der Waals surface area contributed by atoms with Crippen LogP contribution in [0.5, 0.6) is 0 Å². The van der Waals surface area contributed by atoms with E-state index in [4.69, 9.17) is 30.6 Å². The summed E-state index contributed by atoms with van der Waals surface area (Å²) in [5.74, 6) is 2.55. The van der Waals surface area contributed by atoms with Crippen LogP contribution in [0.3, 0.4) is 0 Å². The predicted molar refractivity (Wildman–Crippen MR) is 111 cm³/mol. The molecule has 7 heteroatoms. The van der Waals surface area contributed by atoms with Gasteiger partial charge in [-0.1, -0.05) is 31.0 Å². The van der Waals surface area contributed by atoms with E-state index in [0.29, 0.717) is 0 Å². The van der Waals surface area contributed by atoms with Crippen LogP contribution in [0.1, 0.15) is 38.1 Å². The highest BCUT2D eigenvalue weighted by Gasteiger charge is 2.17. The van der Waals surface area contributed by atoms with Crippen LogP contribution in [0.4, 0.5) is 0 Å². The molecule has 156 valence electrons. The lowest BCUT2D eigenvalue weighted by Gasteiger charge is -2.21. The van der Waals surface area contributed by atoms with Crippen LogP contribution in [-0.2, 0) is 23.1 Å². The van der Waals surface area contributed by atoms with Gasteiger partial charge in [-0.2, -0.15) is 0 Å². The number of carbonyl (C=O) groups is 2. The highest BCUT2D eigenvalue weighted by atomic mass is 16.4. The fraction of sp³-hybridized carbons (Fsp3) is 0.364. The molecule has 0 saturated carbocycles. The number of hydrogen-bond donors (Lipinski definition) is 4. The molecule has 2 aliphatic rings. The van der Waals surface area contributed by atoms with E-state index >= 15 is 0 Å². The number of nitrogens with zero attached hydrogens (tertiary/aromatic N) is 1. The Morgan fingerprint density at radius 1 is 1.14 bits per heavy atom. The molecule has 1 aromatic heterocycles. The van der Waals surface area contributed by atoms with E-state index < -0.39 is 17.5 Å². The first-order valence-corrected chi connectivity index (χ1v) is 9.21. The molecule has 0 bridgehead atoms. The third-order valence-corrected chi connectivity index (χ3v) is 4.23. The van der Waals surface area contributed by atoms with E-state index in [1.807, 2.05) is 27.0 Å². The van der Waals surface area contributed by atoms with Crippen LogP contribution < -0.4 is 5.73 Å². The van der Waals surface area contributed by atoms with Crippen molar-refractivity contribution in [2.24, 2.45) is 12.8 Å². The summed E-state index contributed by atoms with van der Waals surface area (Å²) >= 11 is 0. The summed E-state index contributed by atoms with van der Waals surface area (Å²) < 4.78 is 2.09. The van der Waals surface area contributed by atoms with Crippen molar-refractivity contribution in [2.45, 2.75) is 38.6 Å². The van der Waals surface area contributed by atoms with Crippen LogP contribution >= 0.6 is 0 Å². The molecule has 0 amide bonds. The molecule has 0 unspecified atom stereocenters. The van der Waals surface area contributed by atoms with Crippen molar-refractivity contribution in [1.29, 1.82) is 0 Å². The third kappa shape index (κ3) is 8.64. The second-order valence-electron chi connectivity index (χ2n) is 6.93. The Kier molecular flexibility index (Phi) is 9.13. The number of carboxylic acid groups (broad SMARTS) is 2. The van der Waals surface area contributed by atoms with Gasteiger partial charge in [-0.3, -0.25) is 0 Å². The molecule has 7 nitrogen and oxygen atoms in total. The maximum absolute atomic E-state index is 9.11. The molecule has 0 saturated heterocycles. The molecule has 0 aliphatic heterocycles. The fourth-order valence-corrected chi connectivity index (χ4v) is 2.28. The summed E-state index contributed by atoms with van der Waals surface area (Å²) in [5, 5.41) is 23.9. The van der Waals surface area contributed by atoms with Gasteiger partial charge in [-0.25, -0.2) is 9.59 Å². The SMILES string of the molecule is CCC#Cc1ccc(CC[C@@](C)(N)CO)n1C.O=C(O)C(=O)O.c1cc2cc-2c1. The zero-order valence-corrected chi connectivity index (χ0v) is 17.0. The number of fused-ring (bicyclic) bond motifs is 1. The minimum atomic E-state index is -1.82. The van der Waals surface area contributed by atoms with Gasteiger partial charge in [-0.15, -0.1) is 0 Å². The number of aryl methyl sites for hydroxylation is 1. The van der Waals surface area contributed by atoms with Crippen molar-refractivity contribution in [3.8, 4) is 23.0 Å². The Morgan fingerprint density at radius 3 is 2.10 bits per heavy atom. The smallest absolute Gasteiger partial charge is 0.414 e. The molecular formula is C22H28N2O5. The quantitative estimate of drug-likeness (QED) is 0.393. The largest absolute Gasteiger partial charge is 0.473 e. The van der Waals surface area contributed by atoms with Gasteiger partial charge in [0.2, 0.25) is 0 Å². The summed E-state index contributed by atoms with van der Waals surface area (Å²) in [7, 11) is 2.02. The first-order valence-electron chi connectivity index (χ1n) is 9.21. The zero-order chi connectivity index (χ0) is 22.0. The first-order chi connectivity index (χ1) is 13.6. The van der Waals surface area contributed by atoms with Crippen molar-refractivity contribution < 1.29 is 24.9 Å². The lowest BCUT2D eigenvalue weighted by Crippen LogP contribution is -2.40. The molecule has 1 heterocycles. The molecule has 0 aromatic carbocycles. The van der Waals surface area contributed by atoms with Crippen LogP contribution in [0.15, 0.2) is 36.4 Å². The summed E-state index contributed by atoms with van der Waals surface area (Å²) in [6.07, 6.45) is 2.49. The Hall–Kier alpha value is -3.08. The molecular weight excluding hydrogens is 372 g/mol. The molecule has 1 atom stereocenters. The molecule has 29 heavy (non-hydrogen) atoms. The highest BCUT2D eigenvalue weighted by molar-refractivity contribution is 6.27. The summed E-state index contributed by atoms with van der Waals surface area (Å²) in [4.78, 5) is 18.2. The number of aromatic nitrogens is 1. The van der Waals surface area contributed by atoms with Gasteiger partial charge in [0.1, 0.15) is 0 Å². The minimum Gasteiger partial charge on any atom is -0.473 e. The van der Waals surface area contributed by atoms with Gasteiger partial charge in [0, 0.05) is 24.7 Å². The van der Waals surface area contributed by atoms with Crippen LogP contribution in [0, 0.1) is 11.8 Å². The van der Waals surface area contributed by atoms with Crippen LogP contribution in [-0.4, -0.2) is 44.0 Å². The molecule has 0 fully saturated rings. The molecule has 2 aliphatic carbocycles. The van der Waals surface area contributed by atoms with Crippen molar-refractivity contribution in [3.05, 3.63) is 47.8 Å². The average Bonchev–Trinajstić information content (AvgIpc) is 3.11. The van der Waals surface area contributed by atoms with Gasteiger partial charge < -0.3 is 25.6 Å². The van der Waals surface area contributed by atoms with E-state index in [-0.39, 0.29) is 6.61 Å². The Morgan fingerprint density at radius 2 is 1.72 bits per heavy atom. The average molecular weight is 400 g/mol. The monoisotopic (exact) mass is 400 g/mol. The lowest BCUT2D eigenvalue weighted by atomic mass is 9.97. The van der Waals surface area contributed by atoms with E-state index in [1.165, 1.54) is 16.8 Å². The standard InChI is InChI=1S/C14H22N2O.C6H4.C2H2O4/c1-4-5-6-12-7-8-13(16(12)3)9-10-14(2,15)11-17;1-2-5-4-6(5)3-1;3-1(4)2(5)6/h7-8,17H,4,9-11,15H2,1-3H3;1-4H;(H,3,4)(H,5,6)/t14-;;/m1../s1. The van der Waals surface area contributed by atoms with Gasteiger partial charge in [0.15, 0.2) is 0 Å². The lowest BCUT2D eigenvalue weighted by molar-refractivity contribution is -0.159. The number of aliphatic hydroxyl groups is 1. The van der Waals surface area contributed by atoms with E-state index in [0.717, 1.165) is 25.0 Å². The maximum atomic E-state index is 9.11. The summed E-state index contributed by atoms with van der Waals surface area (Å²) in [5.41, 5.74) is 10.5. The minimum absolute atomic E-state index is 0.0138. The number of aliphatic carboxylic acids is 2. The number of nitrogens with two attached hydrogens (primary N) is 1. The molecule has 3 rings (SSSR count). The van der Waals surface area contributed by atoms with Crippen molar-refractivity contribution in [1.82, 2.24) is 4.57 Å². The molecule has 0 spiro atoms. The second kappa shape index (κ2) is 11.1. The number of aliphatic hydroxyl groups excluding tert-OH is 1. The van der Waals surface area contributed by atoms with Gasteiger partial charge in [0.25, 0.3) is 0 Å². The van der Waals surface area contributed by atoms with Crippen molar-refractivity contribution >= 4 is 11.9 Å². The maximum Gasteiger partial charge on any atom is 0.414 e. The first kappa shape index (κ1) is 24.0. The van der Waals surface area contributed by atoms with Crippen molar-refractivity contribution in [2.75, 3.05) is 6.61 Å². The van der Waals surface area contributed by atoms with Crippen LogP contribution in [0.2, 0.25) is 0 Å². The Labute approximate surface area is 170 Å². The number of carboxylic acids is 2. The van der Waals surface area contributed by atoms with E-state index in [9.17, 15) is 0 Å². The Bertz CT molecular complexity index is 874. The normalized spacial score (nSPS) is 12.0. The molecule has 5 N–H and O–H groups in total. The van der Waals surface area contributed by atoms with Crippen molar-refractivity contribution in [3.63, 3.8) is 0 Å². The Balaban J connectivity index is 0.000000281. The van der Waals surface area contributed by atoms with Gasteiger partial charge in [-0.05, 0) is 55.0 Å². The zero-order valence-electron chi connectivity index (χ0n) is 17.0. The highest BCUT2D eigenvalue weighted by Crippen LogP contribution is 2.32.